The summed E-state index contributed by atoms with van der Waals surface area (Å²) in [6, 6.07) is 11.1. The van der Waals surface area contributed by atoms with Gasteiger partial charge in [-0.25, -0.2) is 9.97 Å². The summed E-state index contributed by atoms with van der Waals surface area (Å²) < 4.78 is 6.81. The number of nitrogens with one attached hydrogen (secondary N) is 2. The Balaban J connectivity index is 1.35. The lowest BCUT2D eigenvalue weighted by Crippen LogP contribution is -2.28. The smallest absolute Gasteiger partial charge is 0.269 e. The molecule has 0 saturated heterocycles. The van der Waals surface area contributed by atoms with Crippen LogP contribution in [-0.4, -0.2) is 49.5 Å². The second-order valence-corrected chi connectivity index (χ2v) is 7.18. The van der Waals surface area contributed by atoms with Gasteiger partial charge in [0.1, 0.15) is 22.8 Å². The zero-order valence-electron chi connectivity index (χ0n) is 17.2. The molecule has 10 heteroatoms. The number of amides is 1. The van der Waals surface area contributed by atoms with Crippen LogP contribution in [0.5, 0.6) is 5.75 Å². The highest BCUT2D eigenvalue weighted by atomic mass is 16.5. The highest BCUT2D eigenvalue weighted by molar-refractivity contribution is 6.08. The lowest BCUT2D eigenvalue weighted by Gasteiger charge is -2.05. The number of rotatable bonds is 6. The largest absolute Gasteiger partial charge is 0.495 e. The minimum Gasteiger partial charge on any atom is -0.495 e. The van der Waals surface area contributed by atoms with Gasteiger partial charge in [0.2, 0.25) is 0 Å². The number of carbonyl (C=O) groups is 1. The molecule has 1 amide bonds. The van der Waals surface area contributed by atoms with Crippen LogP contribution in [0.2, 0.25) is 0 Å². The maximum absolute atomic E-state index is 12.3. The van der Waals surface area contributed by atoms with E-state index in [2.05, 4.69) is 30.6 Å². The van der Waals surface area contributed by atoms with Crippen molar-refractivity contribution in [3.05, 3.63) is 60.7 Å². The number of nitrogen functional groups attached to an aromatic ring is 1. The molecule has 0 aliphatic heterocycles. The molecule has 0 aliphatic rings. The highest BCUT2D eigenvalue weighted by Crippen LogP contribution is 2.29. The molecule has 4 heterocycles. The van der Waals surface area contributed by atoms with Crippen molar-refractivity contribution in [3.8, 4) is 17.0 Å². The van der Waals surface area contributed by atoms with Gasteiger partial charge in [0.15, 0.2) is 0 Å². The number of nitrogens with two attached hydrogens (primary N) is 1. The fraction of sp³-hybridized carbons (Fsp3) is 0.136. The van der Waals surface area contributed by atoms with Crippen LogP contribution in [-0.2, 0) is 6.54 Å². The summed E-state index contributed by atoms with van der Waals surface area (Å²) in [5.74, 6) is 0.742. The summed E-state index contributed by atoms with van der Waals surface area (Å²) in [7, 11) is 1.55. The van der Waals surface area contributed by atoms with Gasteiger partial charge in [-0.1, -0.05) is 6.07 Å². The molecule has 0 unspecified atom stereocenters. The first-order valence-corrected chi connectivity index (χ1v) is 9.97. The number of H-pyrrole nitrogens is 1. The van der Waals surface area contributed by atoms with E-state index in [1.54, 1.807) is 30.1 Å². The molecule has 5 rings (SSSR count). The number of benzene rings is 1. The number of anilines is 1. The Bertz CT molecular complexity index is 1410. The third-order valence-electron chi connectivity index (χ3n) is 5.16. The third-order valence-corrected chi connectivity index (χ3v) is 5.16. The lowest BCUT2D eigenvalue weighted by molar-refractivity contribution is 0.0947. The first kappa shape index (κ1) is 19.5. The molecule has 4 aromatic heterocycles. The molecule has 10 nitrogen and oxygen atoms in total. The van der Waals surface area contributed by atoms with Crippen LogP contribution in [0.4, 0.5) is 5.82 Å². The van der Waals surface area contributed by atoms with E-state index in [1.807, 2.05) is 30.5 Å². The number of pyridine rings is 2. The summed E-state index contributed by atoms with van der Waals surface area (Å²) in [6.07, 6.45) is 5.12. The van der Waals surface area contributed by atoms with Gasteiger partial charge in [-0.05, 0) is 30.3 Å². The van der Waals surface area contributed by atoms with Gasteiger partial charge in [-0.2, -0.15) is 10.2 Å². The van der Waals surface area contributed by atoms with E-state index in [9.17, 15) is 4.79 Å². The molecule has 4 N–H and O–H groups in total. The number of carbonyl (C=O) groups excluding carboxylic acids is 1. The predicted molar refractivity (Wildman–Crippen MR) is 120 cm³/mol. The maximum atomic E-state index is 12.3. The molecule has 0 bridgehead atoms. The van der Waals surface area contributed by atoms with Gasteiger partial charge in [0, 0.05) is 29.9 Å². The van der Waals surface area contributed by atoms with E-state index < -0.39 is 0 Å². The minimum atomic E-state index is -0.262. The zero-order valence-corrected chi connectivity index (χ0v) is 17.2. The van der Waals surface area contributed by atoms with Crippen LogP contribution in [0.3, 0.4) is 0 Å². The van der Waals surface area contributed by atoms with E-state index in [0.717, 1.165) is 33.1 Å². The van der Waals surface area contributed by atoms with Crippen LogP contribution >= 0.6 is 0 Å². The van der Waals surface area contributed by atoms with Crippen LogP contribution < -0.4 is 15.8 Å². The third kappa shape index (κ3) is 3.58. The Labute approximate surface area is 182 Å². The molecule has 1 aromatic carbocycles. The number of ether oxygens (including phenoxy) is 1. The second kappa shape index (κ2) is 7.99. The zero-order chi connectivity index (χ0) is 22.1. The van der Waals surface area contributed by atoms with Crippen LogP contribution in [0.1, 0.15) is 10.5 Å². The van der Waals surface area contributed by atoms with E-state index in [4.69, 9.17) is 10.5 Å². The molecule has 0 aliphatic carbocycles. The van der Waals surface area contributed by atoms with Gasteiger partial charge >= 0.3 is 0 Å². The minimum absolute atomic E-state index is 0.262. The monoisotopic (exact) mass is 428 g/mol. The quantitative estimate of drug-likeness (QED) is 0.378. The molecule has 0 fully saturated rings. The summed E-state index contributed by atoms with van der Waals surface area (Å²) >= 11 is 0. The molecule has 5 aromatic rings. The molecule has 0 radical (unpaired) electrons. The Morgan fingerprint density at radius 1 is 1.22 bits per heavy atom. The van der Waals surface area contributed by atoms with E-state index >= 15 is 0 Å². The molecule has 0 atom stereocenters. The summed E-state index contributed by atoms with van der Waals surface area (Å²) in [6.45, 7) is 0.859. The Hall–Kier alpha value is -4.47. The Kier molecular flexibility index (Phi) is 4.86. The Morgan fingerprint density at radius 3 is 2.88 bits per heavy atom. The predicted octanol–water partition coefficient (Wildman–Crippen LogP) is 2.39. The van der Waals surface area contributed by atoms with E-state index in [-0.39, 0.29) is 5.91 Å². The van der Waals surface area contributed by atoms with E-state index in [0.29, 0.717) is 30.4 Å². The number of nitrogens with zero attached hydrogens (tertiary/aromatic N) is 5. The number of methoxy groups -OCH3 is 1. The first-order valence-electron chi connectivity index (χ1n) is 9.97. The first-order chi connectivity index (χ1) is 15.6. The molecule has 160 valence electrons. The molecule has 0 saturated carbocycles. The second-order valence-electron chi connectivity index (χ2n) is 7.18. The fourth-order valence-corrected chi connectivity index (χ4v) is 3.53. The molecule has 32 heavy (non-hydrogen) atoms. The molecule has 0 spiro atoms. The van der Waals surface area contributed by atoms with Crippen molar-refractivity contribution in [2.45, 2.75) is 6.54 Å². The topological polar surface area (TPSA) is 137 Å². The van der Waals surface area contributed by atoms with Gasteiger partial charge < -0.3 is 15.8 Å². The van der Waals surface area contributed by atoms with Crippen molar-refractivity contribution in [2.75, 3.05) is 19.4 Å². The van der Waals surface area contributed by atoms with Crippen molar-refractivity contribution in [1.82, 2.24) is 35.3 Å². The highest BCUT2D eigenvalue weighted by Gasteiger charge is 2.13. The van der Waals surface area contributed by atoms with Gasteiger partial charge in [0.25, 0.3) is 5.91 Å². The standard InChI is InChI=1S/C22H20N8O2/c1-32-14-3-5-18(25-11-14)22(31)24-8-9-30-12-16-20(29-30)15-4-2-13(17-6-7-26-28-17)10-19(15)27-21(16)23/h2-7,10-12H,8-9H2,1H3,(H2,23,27)(H,24,31)(H,26,28). The van der Waals surface area contributed by atoms with Crippen molar-refractivity contribution < 1.29 is 9.53 Å². The SMILES string of the molecule is COc1ccc(C(=O)NCCn2cc3c(N)nc4cc(-c5cc[nH]n5)ccc4c3n2)nc1. The number of aromatic nitrogens is 6. The van der Waals surface area contributed by atoms with Crippen molar-refractivity contribution in [2.24, 2.45) is 0 Å². The number of hydrogen-bond donors (Lipinski definition) is 3. The average Bonchev–Trinajstić information content (AvgIpc) is 3.50. The number of hydrogen-bond acceptors (Lipinski definition) is 7. The van der Waals surface area contributed by atoms with Gasteiger partial charge in [-0.3, -0.25) is 14.6 Å². The van der Waals surface area contributed by atoms with Crippen LogP contribution in [0.25, 0.3) is 33.1 Å². The van der Waals surface area contributed by atoms with Crippen LogP contribution in [0.15, 0.2) is 55.0 Å². The van der Waals surface area contributed by atoms with Crippen LogP contribution in [0, 0.1) is 0 Å². The lowest BCUT2D eigenvalue weighted by atomic mass is 10.1. The summed E-state index contributed by atoms with van der Waals surface area (Å²) in [4.78, 5) is 20.9. The number of aromatic amines is 1. The van der Waals surface area contributed by atoms with Crippen molar-refractivity contribution in [3.63, 3.8) is 0 Å². The van der Waals surface area contributed by atoms with Crippen molar-refractivity contribution >= 4 is 33.5 Å². The average molecular weight is 428 g/mol. The van der Waals surface area contributed by atoms with Gasteiger partial charge in [-0.15, -0.1) is 0 Å². The van der Waals surface area contributed by atoms with E-state index in [1.165, 1.54) is 6.20 Å². The number of fused-ring (bicyclic) bond motifs is 3. The fourth-order valence-electron chi connectivity index (χ4n) is 3.53. The molecular weight excluding hydrogens is 408 g/mol. The summed E-state index contributed by atoms with van der Waals surface area (Å²) in [5.41, 5.74) is 9.82. The summed E-state index contributed by atoms with van der Waals surface area (Å²) in [5, 5.41) is 16.2. The van der Waals surface area contributed by atoms with Gasteiger partial charge in [0.05, 0.1) is 36.4 Å². The maximum Gasteiger partial charge on any atom is 0.269 e. The van der Waals surface area contributed by atoms with Crippen molar-refractivity contribution in [1.29, 1.82) is 0 Å². The Morgan fingerprint density at radius 2 is 2.12 bits per heavy atom. The molecular formula is C22H20N8O2. The normalized spacial score (nSPS) is 11.2.